The first-order chi connectivity index (χ1) is 15.2. The Morgan fingerprint density at radius 1 is 0.906 bits per heavy atom. The lowest BCUT2D eigenvalue weighted by atomic mass is 10.1. The van der Waals surface area contributed by atoms with Gasteiger partial charge in [0.2, 0.25) is 0 Å². The number of amides is 1. The molecule has 0 spiro atoms. The number of anilines is 3. The Labute approximate surface area is 183 Å². The Kier molecular flexibility index (Phi) is 5.94. The maximum atomic E-state index is 13.3. The van der Waals surface area contributed by atoms with Crippen LogP contribution < -0.4 is 15.1 Å². The highest BCUT2D eigenvalue weighted by Crippen LogP contribution is 2.37. The molecule has 0 unspecified atom stereocenters. The molecule has 2 heterocycles. The molecule has 170 valence electrons. The van der Waals surface area contributed by atoms with Crippen molar-refractivity contribution in [3.63, 3.8) is 0 Å². The normalized spacial score (nSPS) is 16.5. The van der Waals surface area contributed by atoms with Crippen molar-refractivity contribution in [2.75, 3.05) is 41.3 Å². The number of carbonyl (C=O) groups excluding carboxylic acids is 1. The second kappa shape index (κ2) is 8.68. The van der Waals surface area contributed by atoms with Gasteiger partial charge in [0, 0.05) is 37.8 Å². The molecule has 0 atom stereocenters. The highest BCUT2D eigenvalue weighted by molar-refractivity contribution is 6.06. The van der Waals surface area contributed by atoms with Gasteiger partial charge in [-0.05, 0) is 56.0 Å². The second-order valence-electron chi connectivity index (χ2n) is 8.03. The monoisotopic (exact) mass is 448 g/mol. The van der Waals surface area contributed by atoms with Crippen LogP contribution in [0.3, 0.4) is 0 Å². The summed E-state index contributed by atoms with van der Waals surface area (Å²) in [5, 5.41) is 14.2. The first kappa shape index (κ1) is 21.9. The highest BCUT2D eigenvalue weighted by atomic mass is 19.4. The Morgan fingerprint density at radius 3 is 2.03 bits per heavy atom. The molecule has 10 heteroatoms. The van der Waals surface area contributed by atoms with Gasteiger partial charge in [0.1, 0.15) is 5.69 Å². The van der Waals surface area contributed by atoms with Gasteiger partial charge in [-0.3, -0.25) is 14.9 Å². The SMILES string of the molecule is O=C(Nc1cc(C(F)(F)F)ccc1N1CCCC1)c1ccc(N2CCCC2)c([N+](=O)[O-])c1. The van der Waals surface area contributed by atoms with E-state index >= 15 is 0 Å². The van der Waals surface area contributed by atoms with E-state index in [1.54, 1.807) is 0 Å². The Hall–Kier alpha value is -3.30. The Bertz CT molecular complexity index is 1030. The van der Waals surface area contributed by atoms with Crippen molar-refractivity contribution in [2.24, 2.45) is 0 Å². The molecule has 2 aliphatic rings. The van der Waals surface area contributed by atoms with Crippen LogP contribution in [0.4, 0.5) is 35.9 Å². The quantitative estimate of drug-likeness (QED) is 0.511. The first-order valence-corrected chi connectivity index (χ1v) is 10.5. The van der Waals surface area contributed by atoms with Gasteiger partial charge in [-0.15, -0.1) is 0 Å². The van der Waals surface area contributed by atoms with Crippen LogP contribution in [0.2, 0.25) is 0 Å². The van der Waals surface area contributed by atoms with Crippen LogP contribution in [-0.2, 0) is 6.18 Å². The molecule has 2 fully saturated rings. The molecule has 0 radical (unpaired) electrons. The lowest BCUT2D eigenvalue weighted by Gasteiger charge is -2.23. The third-order valence-corrected chi connectivity index (χ3v) is 5.90. The topological polar surface area (TPSA) is 78.7 Å². The van der Waals surface area contributed by atoms with Gasteiger partial charge in [0.05, 0.1) is 21.9 Å². The zero-order valence-electron chi connectivity index (χ0n) is 17.3. The van der Waals surface area contributed by atoms with E-state index in [-0.39, 0.29) is 16.9 Å². The number of halogens is 3. The summed E-state index contributed by atoms with van der Waals surface area (Å²) in [4.78, 5) is 27.8. The number of alkyl halides is 3. The molecule has 1 amide bonds. The van der Waals surface area contributed by atoms with Crippen molar-refractivity contribution in [3.05, 3.63) is 57.6 Å². The summed E-state index contributed by atoms with van der Waals surface area (Å²) in [6.45, 7) is 2.78. The Morgan fingerprint density at radius 2 is 1.47 bits per heavy atom. The van der Waals surface area contributed by atoms with Crippen molar-refractivity contribution < 1.29 is 22.9 Å². The van der Waals surface area contributed by atoms with Gasteiger partial charge in [0.25, 0.3) is 11.6 Å². The fourth-order valence-corrected chi connectivity index (χ4v) is 4.28. The third-order valence-electron chi connectivity index (χ3n) is 5.90. The van der Waals surface area contributed by atoms with Gasteiger partial charge >= 0.3 is 6.18 Å². The molecule has 2 saturated heterocycles. The van der Waals surface area contributed by atoms with E-state index in [2.05, 4.69) is 5.32 Å². The lowest BCUT2D eigenvalue weighted by molar-refractivity contribution is -0.384. The minimum atomic E-state index is -4.56. The molecule has 0 aromatic heterocycles. The number of nitrogens with zero attached hydrogens (tertiary/aromatic N) is 3. The molecule has 2 aromatic carbocycles. The molecule has 2 aromatic rings. The number of rotatable bonds is 5. The molecular formula is C22H23F3N4O3. The maximum Gasteiger partial charge on any atom is 0.416 e. The van der Waals surface area contributed by atoms with Crippen molar-refractivity contribution in [1.82, 2.24) is 0 Å². The van der Waals surface area contributed by atoms with E-state index in [0.717, 1.165) is 37.8 Å². The van der Waals surface area contributed by atoms with Crippen LogP contribution in [0.1, 0.15) is 41.6 Å². The summed E-state index contributed by atoms with van der Waals surface area (Å²) < 4.78 is 39.8. The number of hydrogen-bond donors (Lipinski definition) is 1. The molecule has 1 N–H and O–H groups in total. The standard InChI is InChI=1S/C22H23F3N4O3/c23-22(24,25)16-6-8-18(27-9-1-2-10-27)17(14-16)26-21(30)15-5-7-19(20(13-15)29(31)32)28-11-3-4-12-28/h5-8,13-14H,1-4,9-12H2,(H,26,30). The lowest BCUT2D eigenvalue weighted by Crippen LogP contribution is -2.22. The molecule has 32 heavy (non-hydrogen) atoms. The second-order valence-corrected chi connectivity index (χ2v) is 8.03. The third kappa shape index (κ3) is 4.49. The van der Waals surface area contributed by atoms with E-state index in [1.165, 1.54) is 24.3 Å². The van der Waals surface area contributed by atoms with Gasteiger partial charge < -0.3 is 15.1 Å². The highest BCUT2D eigenvalue weighted by Gasteiger charge is 2.32. The average Bonchev–Trinajstić information content (AvgIpc) is 3.47. The van der Waals surface area contributed by atoms with E-state index in [0.29, 0.717) is 37.6 Å². The van der Waals surface area contributed by atoms with Crippen LogP contribution in [0.5, 0.6) is 0 Å². The summed E-state index contributed by atoms with van der Waals surface area (Å²) in [6.07, 6.45) is -0.848. The molecule has 7 nitrogen and oxygen atoms in total. The van der Waals surface area contributed by atoms with Crippen molar-refractivity contribution in [1.29, 1.82) is 0 Å². The van der Waals surface area contributed by atoms with Crippen LogP contribution in [-0.4, -0.2) is 37.0 Å². The smallest absolute Gasteiger partial charge is 0.370 e. The van der Waals surface area contributed by atoms with Gasteiger partial charge in [-0.1, -0.05) is 0 Å². The van der Waals surface area contributed by atoms with Crippen molar-refractivity contribution in [3.8, 4) is 0 Å². The predicted molar refractivity (Wildman–Crippen MR) is 115 cm³/mol. The molecular weight excluding hydrogens is 425 g/mol. The fourth-order valence-electron chi connectivity index (χ4n) is 4.28. The summed E-state index contributed by atoms with van der Waals surface area (Å²) in [5.74, 6) is -0.694. The van der Waals surface area contributed by atoms with E-state index < -0.39 is 22.6 Å². The summed E-state index contributed by atoms with van der Waals surface area (Å²) in [5.41, 5.74) is -0.0511. The zero-order chi connectivity index (χ0) is 22.9. The van der Waals surface area contributed by atoms with E-state index in [4.69, 9.17) is 0 Å². The van der Waals surface area contributed by atoms with Gasteiger partial charge in [-0.25, -0.2) is 0 Å². The minimum absolute atomic E-state index is 0.0180. The zero-order valence-corrected chi connectivity index (χ0v) is 17.3. The molecule has 0 aliphatic carbocycles. The number of benzene rings is 2. The fraction of sp³-hybridized carbons (Fsp3) is 0.409. The molecule has 4 rings (SSSR count). The number of nitro groups is 1. The Balaban J connectivity index is 1.65. The van der Waals surface area contributed by atoms with Crippen LogP contribution in [0.25, 0.3) is 0 Å². The van der Waals surface area contributed by atoms with Crippen LogP contribution in [0, 0.1) is 10.1 Å². The summed E-state index contributed by atoms with van der Waals surface area (Å²) >= 11 is 0. The molecule has 0 bridgehead atoms. The number of carbonyl (C=O) groups is 1. The molecule has 0 saturated carbocycles. The summed E-state index contributed by atoms with van der Waals surface area (Å²) in [6, 6.07) is 7.47. The maximum absolute atomic E-state index is 13.3. The number of nitrogens with one attached hydrogen (secondary N) is 1. The first-order valence-electron chi connectivity index (χ1n) is 10.5. The van der Waals surface area contributed by atoms with E-state index in [1.807, 2.05) is 9.80 Å². The van der Waals surface area contributed by atoms with Gasteiger partial charge in [0.15, 0.2) is 0 Å². The van der Waals surface area contributed by atoms with Crippen molar-refractivity contribution >= 4 is 28.7 Å². The predicted octanol–water partition coefficient (Wildman–Crippen LogP) is 5.07. The van der Waals surface area contributed by atoms with E-state index in [9.17, 15) is 28.1 Å². The average molecular weight is 448 g/mol. The minimum Gasteiger partial charge on any atom is -0.370 e. The van der Waals surface area contributed by atoms with Crippen LogP contribution in [0.15, 0.2) is 36.4 Å². The van der Waals surface area contributed by atoms with Crippen molar-refractivity contribution in [2.45, 2.75) is 31.9 Å². The summed E-state index contributed by atoms with van der Waals surface area (Å²) in [7, 11) is 0. The van der Waals surface area contributed by atoms with Crippen LogP contribution >= 0.6 is 0 Å². The van der Waals surface area contributed by atoms with Gasteiger partial charge in [-0.2, -0.15) is 13.2 Å². The number of nitro benzene ring substituents is 1. The molecule has 2 aliphatic heterocycles. The number of hydrogen-bond acceptors (Lipinski definition) is 5. The largest absolute Gasteiger partial charge is 0.416 e.